The predicted octanol–water partition coefficient (Wildman–Crippen LogP) is 3.62. The molecule has 1 aliphatic heterocycles. The van der Waals surface area contributed by atoms with E-state index >= 15 is 0 Å². The standard InChI is InChI=1S/C16H20ClFN4O2/c1-16(2,3)24-15(23)21-6-4-5-10(21)9-22-14-8-12(18)11(17)7-13(14)19-20-22/h7-8,10H,4-6,9H2,1-3H3. The van der Waals surface area contributed by atoms with Crippen LogP contribution in [0.25, 0.3) is 11.0 Å². The van der Waals surface area contributed by atoms with E-state index < -0.39 is 11.4 Å². The number of hydrogen-bond donors (Lipinski definition) is 0. The van der Waals surface area contributed by atoms with Crippen molar-refractivity contribution < 1.29 is 13.9 Å². The van der Waals surface area contributed by atoms with Crippen molar-refractivity contribution in [1.29, 1.82) is 0 Å². The molecule has 1 aromatic heterocycles. The van der Waals surface area contributed by atoms with Gasteiger partial charge in [0.1, 0.15) is 16.9 Å². The highest BCUT2D eigenvalue weighted by atomic mass is 35.5. The zero-order chi connectivity index (χ0) is 17.5. The first kappa shape index (κ1) is 17.0. The number of benzene rings is 1. The van der Waals surface area contributed by atoms with Crippen molar-refractivity contribution in [1.82, 2.24) is 19.9 Å². The Hall–Kier alpha value is -1.89. The van der Waals surface area contributed by atoms with Gasteiger partial charge in [0.25, 0.3) is 0 Å². The van der Waals surface area contributed by atoms with E-state index in [9.17, 15) is 9.18 Å². The second-order valence-corrected chi connectivity index (χ2v) is 7.40. The third-order valence-corrected chi connectivity index (χ3v) is 4.23. The molecule has 24 heavy (non-hydrogen) atoms. The lowest BCUT2D eigenvalue weighted by molar-refractivity contribution is 0.0212. The van der Waals surface area contributed by atoms with E-state index in [0.29, 0.717) is 24.1 Å². The van der Waals surface area contributed by atoms with Crippen LogP contribution in [0.3, 0.4) is 0 Å². The molecule has 1 amide bonds. The van der Waals surface area contributed by atoms with E-state index in [4.69, 9.17) is 16.3 Å². The van der Waals surface area contributed by atoms with Crippen molar-refractivity contribution in [3.63, 3.8) is 0 Å². The van der Waals surface area contributed by atoms with Gasteiger partial charge in [0.15, 0.2) is 0 Å². The minimum Gasteiger partial charge on any atom is -0.444 e. The van der Waals surface area contributed by atoms with E-state index in [1.54, 1.807) is 9.58 Å². The van der Waals surface area contributed by atoms with Crippen molar-refractivity contribution in [2.75, 3.05) is 6.54 Å². The lowest BCUT2D eigenvalue weighted by Crippen LogP contribution is -2.41. The van der Waals surface area contributed by atoms with Crippen molar-refractivity contribution in [2.45, 2.75) is 51.8 Å². The van der Waals surface area contributed by atoms with Crippen LogP contribution in [0.4, 0.5) is 9.18 Å². The van der Waals surface area contributed by atoms with Gasteiger partial charge in [0.2, 0.25) is 0 Å². The van der Waals surface area contributed by atoms with E-state index in [1.165, 1.54) is 12.1 Å². The Bertz CT molecular complexity index is 771. The van der Waals surface area contributed by atoms with Crippen LogP contribution >= 0.6 is 11.6 Å². The second-order valence-electron chi connectivity index (χ2n) is 7.00. The number of rotatable bonds is 2. The van der Waals surface area contributed by atoms with Gasteiger partial charge < -0.3 is 9.64 Å². The van der Waals surface area contributed by atoms with E-state index in [2.05, 4.69) is 10.3 Å². The Labute approximate surface area is 144 Å². The third kappa shape index (κ3) is 3.45. The monoisotopic (exact) mass is 354 g/mol. The van der Waals surface area contributed by atoms with E-state index in [0.717, 1.165) is 12.8 Å². The lowest BCUT2D eigenvalue weighted by Gasteiger charge is -2.28. The van der Waals surface area contributed by atoms with E-state index in [1.807, 2.05) is 20.8 Å². The molecule has 1 aliphatic rings. The minimum atomic E-state index is -0.538. The SMILES string of the molecule is CC(C)(C)OC(=O)N1CCCC1Cn1nnc2cc(Cl)c(F)cc21. The first-order valence-corrected chi connectivity index (χ1v) is 8.30. The molecule has 6 nitrogen and oxygen atoms in total. The molecule has 1 fully saturated rings. The van der Waals surface area contributed by atoms with Gasteiger partial charge in [-0.25, -0.2) is 13.9 Å². The van der Waals surface area contributed by atoms with Crippen LogP contribution in [0.2, 0.25) is 5.02 Å². The van der Waals surface area contributed by atoms with Crippen LogP contribution in [0.5, 0.6) is 0 Å². The van der Waals surface area contributed by atoms with E-state index in [-0.39, 0.29) is 17.2 Å². The number of carbonyl (C=O) groups excluding carboxylic acids is 1. The number of amides is 1. The minimum absolute atomic E-state index is 0.0193. The highest BCUT2D eigenvalue weighted by Crippen LogP contribution is 2.25. The fraction of sp³-hybridized carbons (Fsp3) is 0.562. The molecule has 0 spiro atoms. The van der Waals surface area contributed by atoms with Crippen LogP contribution in [0.15, 0.2) is 12.1 Å². The molecule has 1 aromatic carbocycles. The van der Waals surface area contributed by atoms with Gasteiger partial charge in [-0.2, -0.15) is 0 Å². The average molecular weight is 355 g/mol. The Morgan fingerprint density at radius 1 is 1.46 bits per heavy atom. The molecule has 0 N–H and O–H groups in total. The van der Waals surface area contributed by atoms with Crippen molar-refractivity contribution in [2.24, 2.45) is 0 Å². The van der Waals surface area contributed by atoms with Gasteiger partial charge in [0.05, 0.1) is 23.1 Å². The lowest BCUT2D eigenvalue weighted by atomic mass is 10.2. The highest BCUT2D eigenvalue weighted by molar-refractivity contribution is 6.31. The third-order valence-electron chi connectivity index (χ3n) is 3.94. The fourth-order valence-electron chi connectivity index (χ4n) is 2.88. The molecule has 0 aliphatic carbocycles. The summed E-state index contributed by atoms with van der Waals surface area (Å²) in [5, 5.41) is 8.11. The fourth-order valence-corrected chi connectivity index (χ4v) is 3.04. The van der Waals surface area contributed by atoms with Crippen molar-refractivity contribution >= 4 is 28.7 Å². The molecule has 130 valence electrons. The van der Waals surface area contributed by atoms with Gasteiger partial charge in [0, 0.05) is 12.6 Å². The number of halogens is 2. The molecular weight excluding hydrogens is 335 g/mol. The molecule has 3 rings (SSSR count). The summed E-state index contributed by atoms with van der Waals surface area (Å²) >= 11 is 5.77. The summed E-state index contributed by atoms with van der Waals surface area (Å²) in [7, 11) is 0. The quantitative estimate of drug-likeness (QED) is 0.826. The van der Waals surface area contributed by atoms with Crippen LogP contribution in [0.1, 0.15) is 33.6 Å². The molecule has 2 heterocycles. The molecule has 1 unspecified atom stereocenters. The van der Waals surface area contributed by atoms with Crippen molar-refractivity contribution in [3.05, 3.63) is 23.0 Å². The second kappa shape index (κ2) is 6.20. The maximum atomic E-state index is 13.7. The van der Waals surface area contributed by atoms with Gasteiger partial charge in [-0.05, 0) is 39.7 Å². The highest BCUT2D eigenvalue weighted by Gasteiger charge is 2.32. The molecule has 1 saturated heterocycles. The Morgan fingerprint density at radius 3 is 2.92 bits per heavy atom. The summed E-state index contributed by atoms with van der Waals surface area (Å²) in [5.74, 6) is -0.511. The number of aromatic nitrogens is 3. The topological polar surface area (TPSA) is 60.2 Å². The zero-order valence-corrected chi connectivity index (χ0v) is 14.7. The van der Waals surface area contributed by atoms with Crippen molar-refractivity contribution in [3.8, 4) is 0 Å². The van der Waals surface area contributed by atoms with Gasteiger partial charge in [-0.3, -0.25) is 0 Å². The van der Waals surface area contributed by atoms with Gasteiger partial charge in [-0.15, -0.1) is 5.10 Å². The zero-order valence-electron chi connectivity index (χ0n) is 13.9. The van der Waals surface area contributed by atoms with Crippen LogP contribution in [0, 0.1) is 5.82 Å². The number of nitrogens with zero attached hydrogens (tertiary/aromatic N) is 4. The molecule has 0 radical (unpaired) electrons. The Kier molecular flexibility index (Phi) is 4.38. The normalized spacial score (nSPS) is 18.4. The Balaban J connectivity index is 1.80. The number of likely N-dealkylation sites (tertiary alicyclic amines) is 1. The summed E-state index contributed by atoms with van der Waals surface area (Å²) < 4.78 is 20.8. The van der Waals surface area contributed by atoms with Crippen LogP contribution in [-0.4, -0.2) is 44.2 Å². The van der Waals surface area contributed by atoms with Crippen LogP contribution < -0.4 is 0 Å². The summed E-state index contributed by atoms with van der Waals surface area (Å²) in [5.41, 5.74) is 0.556. The molecule has 2 aromatic rings. The first-order chi connectivity index (χ1) is 11.2. The number of ether oxygens (including phenoxy) is 1. The maximum Gasteiger partial charge on any atom is 0.410 e. The number of carbonyl (C=O) groups is 1. The number of hydrogen-bond acceptors (Lipinski definition) is 4. The molecular formula is C16H20ClFN4O2. The largest absolute Gasteiger partial charge is 0.444 e. The van der Waals surface area contributed by atoms with Crippen LogP contribution in [-0.2, 0) is 11.3 Å². The maximum absolute atomic E-state index is 13.7. The summed E-state index contributed by atoms with van der Waals surface area (Å²) in [6, 6.07) is 2.73. The smallest absolute Gasteiger partial charge is 0.410 e. The number of fused-ring (bicyclic) bond motifs is 1. The average Bonchev–Trinajstić information content (AvgIpc) is 3.06. The molecule has 0 saturated carbocycles. The molecule has 1 atom stereocenters. The first-order valence-electron chi connectivity index (χ1n) is 7.92. The summed E-state index contributed by atoms with van der Waals surface area (Å²) in [4.78, 5) is 14.1. The summed E-state index contributed by atoms with van der Waals surface area (Å²) in [6.45, 7) is 6.61. The summed E-state index contributed by atoms with van der Waals surface area (Å²) in [6.07, 6.45) is 1.41. The Morgan fingerprint density at radius 2 is 2.21 bits per heavy atom. The molecule has 0 bridgehead atoms. The van der Waals surface area contributed by atoms with Gasteiger partial charge in [-0.1, -0.05) is 16.8 Å². The molecule has 8 heteroatoms. The van der Waals surface area contributed by atoms with Gasteiger partial charge >= 0.3 is 6.09 Å². The predicted molar refractivity (Wildman–Crippen MR) is 88.5 cm³/mol.